The molecule has 4 fully saturated rings. The van der Waals surface area contributed by atoms with Crippen LogP contribution in [0.2, 0.25) is 10.0 Å². The number of nitrogens with zero attached hydrogens (tertiary/aromatic N) is 1. The van der Waals surface area contributed by atoms with Crippen LogP contribution in [0.3, 0.4) is 0 Å². The maximum Gasteiger partial charge on any atom is 0.336 e. The third-order valence-corrected chi connectivity index (χ3v) is 14.5. The third-order valence-electron chi connectivity index (χ3n) is 13.8. The molecule has 1 saturated heterocycles. The van der Waals surface area contributed by atoms with Crippen molar-refractivity contribution in [2.75, 3.05) is 13.7 Å². The predicted molar refractivity (Wildman–Crippen MR) is 239 cm³/mol. The average molecular weight is 932 g/mol. The van der Waals surface area contributed by atoms with Crippen molar-refractivity contribution in [3.05, 3.63) is 45.5 Å². The van der Waals surface area contributed by atoms with Gasteiger partial charge in [0.25, 0.3) is 5.91 Å². The lowest BCUT2D eigenvalue weighted by atomic mass is 9.81. The highest BCUT2D eigenvalue weighted by Crippen LogP contribution is 2.65. The van der Waals surface area contributed by atoms with Crippen molar-refractivity contribution >= 4 is 70.6 Å². The number of nitrogens with two attached hydrogens (primary N) is 1. The number of fused-ring (bicyclic) bond motifs is 1. The fraction of sp³-hybridized carbons (Fsp3) is 0.652. The molecule has 64 heavy (non-hydrogen) atoms. The number of esters is 1. The number of halogens is 2. The number of nitrogens with one attached hydrogen (secondary N) is 4. The fourth-order valence-corrected chi connectivity index (χ4v) is 10.4. The molecule has 0 spiro atoms. The molecule has 18 heteroatoms. The molecule has 6 amide bonds. The van der Waals surface area contributed by atoms with Crippen molar-refractivity contribution < 1.29 is 48.2 Å². The first-order valence-corrected chi connectivity index (χ1v) is 23.1. The number of rotatable bonds is 17. The molecule has 1 heterocycles. The van der Waals surface area contributed by atoms with Gasteiger partial charge < -0.3 is 41.7 Å². The van der Waals surface area contributed by atoms with Gasteiger partial charge in [0.15, 0.2) is 0 Å². The fourth-order valence-electron chi connectivity index (χ4n) is 10.0. The predicted octanol–water partition coefficient (Wildman–Crippen LogP) is 4.93. The maximum atomic E-state index is 14.9. The summed E-state index contributed by atoms with van der Waals surface area (Å²) in [5.74, 6) is -6.55. The topological polar surface area (TPSA) is 243 Å². The van der Waals surface area contributed by atoms with E-state index in [2.05, 4.69) is 26.0 Å². The van der Waals surface area contributed by atoms with Gasteiger partial charge in [0.05, 0.1) is 28.3 Å². The molecule has 1 aromatic carbocycles. The first-order chi connectivity index (χ1) is 30.1. The number of primary amides is 1. The normalized spacial score (nSPS) is 22.9. The van der Waals surface area contributed by atoms with Crippen molar-refractivity contribution in [1.29, 1.82) is 0 Å². The summed E-state index contributed by atoms with van der Waals surface area (Å²) in [7, 11) is 1.20. The quantitative estimate of drug-likeness (QED) is 0.0909. The van der Waals surface area contributed by atoms with Gasteiger partial charge in [0.1, 0.15) is 30.2 Å². The number of carboxylic acid groups (broad SMARTS) is 1. The van der Waals surface area contributed by atoms with Crippen LogP contribution in [0.5, 0.6) is 0 Å². The van der Waals surface area contributed by atoms with Gasteiger partial charge >= 0.3 is 11.9 Å². The number of aromatic carboxylic acids is 1. The SMILES string of the molecule is COC(=O)/C=C/CC[C@H](NC(=O)c1cc(Cl)c(Cl)cc1C(=O)O)C(=O)N[C@H](C(=O)N1C[C@H]2[C@@H]([C@H]1C(=O)N[C@H](C(=O)N[C@H](C(N)=O)C1CCCCC1)C1CCCCC1)C2(C)C)C(C)(C)C. The van der Waals surface area contributed by atoms with Crippen LogP contribution in [0.4, 0.5) is 0 Å². The number of carbonyl (C=O) groups is 8. The number of methoxy groups -OCH3 is 1. The van der Waals surface area contributed by atoms with Crippen molar-refractivity contribution in [2.45, 2.75) is 142 Å². The summed E-state index contributed by atoms with van der Waals surface area (Å²) in [6.45, 7) is 9.53. The number of carboxylic acids is 1. The zero-order valence-corrected chi connectivity index (χ0v) is 39.1. The Morgan fingerprint density at radius 3 is 1.94 bits per heavy atom. The second-order valence-corrected chi connectivity index (χ2v) is 20.3. The molecule has 1 aliphatic heterocycles. The van der Waals surface area contributed by atoms with Crippen molar-refractivity contribution in [2.24, 2.45) is 40.2 Å². The Balaban J connectivity index is 1.41. The Labute approximate surface area is 384 Å². The number of allylic oxidation sites excluding steroid dienone is 1. The summed E-state index contributed by atoms with van der Waals surface area (Å²) in [6.07, 6.45) is 11.2. The zero-order chi connectivity index (χ0) is 47.3. The van der Waals surface area contributed by atoms with E-state index >= 15 is 0 Å². The van der Waals surface area contributed by atoms with E-state index < -0.39 is 88.6 Å². The standard InChI is InChI=1S/C46H64Cl2N6O10/c1-45(2,3)37(53-40(58)31(19-13-14-20-32(55)64-6)50-39(57)26-21-29(47)30(48)22-27(26)44(62)63)43(61)54-23-28-33(46(28,4)5)36(54)42(60)52-35(25-17-11-8-12-18-25)41(59)51-34(38(49)56)24-15-9-7-10-16-24/h14,20-22,24-25,28,31,33-37H,7-13,15-19,23H2,1-6H3,(H2,49,56)(H,50,57)(H,51,59)(H,52,60)(H,53,58)(H,62,63)/b20-14+/t28-,31-,33-,34-,35-,36-,37+/m0/s1. The van der Waals surface area contributed by atoms with E-state index in [1.54, 1.807) is 20.8 Å². The molecule has 4 aliphatic rings. The van der Waals surface area contributed by atoms with E-state index in [4.69, 9.17) is 28.9 Å². The number of ether oxygens (including phenoxy) is 1. The molecule has 0 aromatic heterocycles. The highest BCUT2D eigenvalue weighted by molar-refractivity contribution is 6.42. The number of amides is 6. The van der Waals surface area contributed by atoms with Crippen LogP contribution in [-0.2, 0) is 33.5 Å². The van der Waals surface area contributed by atoms with Crippen LogP contribution in [0.15, 0.2) is 24.3 Å². The molecule has 0 bridgehead atoms. The molecule has 5 rings (SSSR count). The summed E-state index contributed by atoms with van der Waals surface area (Å²) >= 11 is 12.2. The van der Waals surface area contributed by atoms with Gasteiger partial charge in [-0.3, -0.25) is 28.8 Å². The van der Waals surface area contributed by atoms with Crippen LogP contribution < -0.4 is 27.0 Å². The van der Waals surface area contributed by atoms with Gasteiger partial charge in [0, 0.05) is 12.6 Å². The highest BCUT2D eigenvalue weighted by atomic mass is 35.5. The lowest BCUT2D eigenvalue weighted by molar-refractivity contribution is -0.146. The number of hydrogen-bond acceptors (Lipinski definition) is 9. The van der Waals surface area contributed by atoms with E-state index in [9.17, 15) is 43.5 Å². The molecular weight excluding hydrogens is 867 g/mol. The molecule has 7 N–H and O–H groups in total. The number of hydrogen-bond donors (Lipinski definition) is 6. The molecule has 7 atom stereocenters. The smallest absolute Gasteiger partial charge is 0.336 e. The van der Waals surface area contributed by atoms with Crippen molar-refractivity contribution in [3.8, 4) is 0 Å². The van der Waals surface area contributed by atoms with Gasteiger partial charge in [-0.15, -0.1) is 0 Å². The summed E-state index contributed by atoms with van der Waals surface area (Å²) in [5, 5.41) is 21.0. The number of carbonyl (C=O) groups excluding carboxylic acids is 7. The Bertz CT molecular complexity index is 2010. The minimum absolute atomic E-state index is 0.0423. The summed E-state index contributed by atoms with van der Waals surface area (Å²) < 4.78 is 4.65. The van der Waals surface area contributed by atoms with Crippen molar-refractivity contribution in [3.63, 3.8) is 0 Å². The monoisotopic (exact) mass is 930 g/mol. The Morgan fingerprint density at radius 2 is 1.41 bits per heavy atom. The van der Waals surface area contributed by atoms with E-state index in [1.807, 2.05) is 13.8 Å². The number of piperidine rings is 1. The molecule has 352 valence electrons. The van der Waals surface area contributed by atoms with E-state index in [1.165, 1.54) is 18.1 Å². The highest BCUT2D eigenvalue weighted by Gasteiger charge is 2.70. The average Bonchev–Trinajstić information content (AvgIpc) is 3.53. The molecular formula is C46H64Cl2N6O10. The number of likely N-dealkylation sites (tertiary alicyclic amines) is 1. The lowest BCUT2D eigenvalue weighted by Crippen LogP contribution is -2.63. The van der Waals surface area contributed by atoms with Crippen LogP contribution >= 0.6 is 23.2 Å². The first-order valence-electron chi connectivity index (χ1n) is 22.4. The minimum Gasteiger partial charge on any atom is -0.478 e. The summed E-state index contributed by atoms with van der Waals surface area (Å²) in [5.41, 5.74) is 3.79. The maximum absolute atomic E-state index is 14.9. The summed E-state index contributed by atoms with van der Waals surface area (Å²) in [6, 6.07) is -3.31. The van der Waals surface area contributed by atoms with Gasteiger partial charge in [-0.25, -0.2) is 9.59 Å². The Kier molecular flexibility index (Phi) is 16.6. The Morgan fingerprint density at radius 1 is 0.844 bits per heavy atom. The second kappa shape index (κ2) is 21.1. The minimum atomic E-state index is -1.46. The van der Waals surface area contributed by atoms with Gasteiger partial charge in [-0.1, -0.05) is 102 Å². The molecule has 16 nitrogen and oxygen atoms in total. The second-order valence-electron chi connectivity index (χ2n) is 19.5. The summed E-state index contributed by atoms with van der Waals surface area (Å²) in [4.78, 5) is 110. The zero-order valence-electron chi connectivity index (χ0n) is 37.6. The third kappa shape index (κ3) is 11.8. The van der Waals surface area contributed by atoms with Crippen LogP contribution in [0.25, 0.3) is 0 Å². The molecule has 3 saturated carbocycles. The first kappa shape index (κ1) is 50.3. The van der Waals surface area contributed by atoms with Gasteiger partial charge in [-0.05, 0) is 85.2 Å². The lowest BCUT2D eigenvalue weighted by Gasteiger charge is -2.39. The number of benzene rings is 1. The van der Waals surface area contributed by atoms with Crippen LogP contribution in [-0.4, -0.2) is 101 Å². The molecule has 1 aromatic rings. The van der Waals surface area contributed by atoms with Crippen molar-refractivity contribution in [1.82, 2.24) is 26.2 Å². The largest absolute Gasteiger partial charge is 0.478 e. The van der Waals surface area contributed by atoms with Crippen LogP contribution in [0, 0.1) is 34.5 Å². The van der Waals surface area contributed by atoms with Gasteiger partial charge in [0.2, 0.25) is 29.5 Å². The van der Waals surface area contributed by atoms with Gasteiger partial charge in [-0.2, -0.15) is 0 Å². The molecule has 0 unspecified atom stereocenters. The van der Waals surface area contributed by atoms with E-state index in [-0.39, 0.29) is 64.1 Å². The Hall–Kier alpha value is -4.70. The molecule has 0 radical (unpaired) electrons. The van der Waals surface area contributed by atoms with E-state index in [0.717, 1.165) is 69.6 Å². The van der Waals surface area contributed by atoms with E-state index in [0.29, 0.717) is 12.8 Å². The van der Waals surface area contributed by atoms with Crippen LogP contribution in [0.1, 0.15) is 132 Å². The molecule has 3 aliphatic carbocycles.